The molecule has 0 atom stereocenters. The van der Waals surface area contributed by atoms with Crippen LogP contribution in [-0.4, -0.2) is 46.8 Å². The van der Waals surface area contributed by atoms with Crippen molar-refractivity contribution in [3.05, 3.63) is 58.1 Å². The van der Waals surface area contributed by atoms with Crippen LogP contribution in [0.5, 0.6) is 17.2 Å². The summed E-state index contributed by atoms with van der Waals surface area (Å²) in [7, 11) is 0. The summed E-state index contributed by atoms with van der Waals surface area (Å²) in [4.78, 5) is 17.3. The molecule has 0 spiro atoms. The number of rotatable bonds is 10. The number of nitrogens with one attached hydrogen (secondary N) is 1. The zero-order valence-electron chi connectivity index (χ0n) is 25.1. The summed E-state index contributed by atoms with van der Waals surface area (Å²) in [6, 6.07) is 11.9. The normalized spacial score (nSPS) is 20.4. The van der Waals surface area contributed by atoms with Crippen molar-refractivity contribution in [3.8, 4) is 17.2 Å². The number of hydrazone groups is 1. The lowest BCUT2D eigenvalue weighted by Gasteiger charge is -2.22. The van der Waals surface area contributed by atoms with Crippen molar-refractivity contribution in [2.75, 3.05) is 19.8 Å². The molecule has 2 fully saturated rings. The first kappa shape index (κ1) is 30.7. The number of amidine groups is 2. The largest absolute Gasteiger partial charge is 0.490 e. The van der Waals surface area contributed by atoms with Gasteiger partial charge in [-0.1, -0.05) is 62.3 Å². The van der Waals surface area contributed by atoms with Gasteiger partial charge in [-0.2, -0.15) is 15.1 Å². The van der Waals surface area contributed by atoms with E-state index in [0.717, 1.165) is 23.6 Å². The Kier molecular flexibility index (Phi) is 9.92. The standard InChI is InChI=1S/C34H39ClN4O4S/c1-2-41-29-21-22(19-27-31(36)39-34(37-32(27)40)44-33(38-39)25-11-7-4-8-12-25)20-28(35)30(29)43-18-17-42-26-15-13-24(14-16-26)23-9-5-3-6-10-23/h13-16,19-21,23,25,36H,2-12,17-18H2,1H3/b27-19-,36-31?. The third kappa shape index (κ3) is 6.99. The Balaban J connectivity index is 1.10. The molecule has 0 aromatic heterocycles. The van der Waals surface area contributed by atoms with E-state index < -0.39 is 5.91 Å². The van der Waals surface area contributed by atoms with E-state index >= 15 is 0 Å². The second-order valence-corrected chi connectivity index (χ2v) is 13.1. The molecule has 0 radical (unpaired) electrons. The van der Waals surface area contributed by atoms with Crippen LogP contribution in [0.4, 0.5) is 0 Å². The van der Waals surface area contributed by atoms with Crippen molar-refractivity contribution < 1.29 is 19.0 Å². The molecule has 2 aliphatic carbocycles. The molecule has 2 heterocycles. The molecule has 6 rings (SSSR count). The van der Waals surface area contributed by atoms with E-state index in [-0.39, 0.29) is 18.0 Å². The quantitative estimate of drug-likeness (QED) is 0.208. The minimum Gasteiger partial charge on any atom is -0.490 e. The number of aliphatic imine (C=N–C) groups is 1. The number of carbonyl (C=O) groups is 1. The number of amides is 1. The molecule has 8 nitrogen and oxygen atoms in total. The average molecular weight is 635 g/mol. The number of fused-ring (bicyclic) bond motifs is 1. The predicted octanol–water partition coefficient (Wildman–Crippen LogP) is 8.44. The third-order valence-corrected chi connectivity index (χ3v) is 9.97. The maximum Gasteiger partial charge on any atom is 0.283 e. The lowest BCUT2D eigenvalue weighted by molar-refractivity contribution is -0.114. The Morgan fingerprint density at radius 1 is 0.955 bits per heavy atom. The van der Waals surface area contributed by atoms with Gasteiger partial charge >= 0.3 is 0 Å². The molecule has 2 aliphatic heterocycles. The molecule has 2 aromatic rings. The summed E-state index contributed by atoms with van der Waals surface area (Å²) >= 11 is 8.08. The van der Waals surface area contributed by atoms with Gasteiger partial charge in [-0.3, -0.25) is 10.2 Å². The fourth-order valence-corrected chi connectivity index (χ4v) is 7.67. The number of thioether (sulfide) groups is 1. The van der Waals surface area contributed by atoms with Crippen LogP contribution in [0.15, 0.2) is 52.1 Å². The lowest BCUT2D eigenvalue weighted by Crippen LogP contribution is -2.35. The zero-order valence-corrected chi connectivity index (χ0v) is 26.7. The first-order valence-corrected chi connectivity index (χ1v) is 17.0. The van der Waals surface area contributed by atoms with Crippen molar-refractivity contribution in [1.82, 2.24) is 5.01 Å². The first-order valence-electron chi connectivity index (χ1n) is 15.8. The van der Waals surface area contributed by atoms with Gasteiger partial charge in [0.05, 0.1) is 17.2 Å². The topological polar surface area (TPSA) is 96.6 Å². The van der Waals surface area contributed by atoms with Gasteiger partial charge in [-0.05, 0) is 91.8 Å². The SMILES string of the molecule is CCOc1cc(/C=C2/C(=N)N3N=C(C4CCCCC4)SC3=NC2=O)cc(Cl)c1OCCOc1ccc(C2CCCCC2)cc1. The van der Waals surface area contributed by atoms with Gasteiger partial charge in [0.15, 0.2) is 17.3 Å². The van der Waals surface area contributed by atoms with Crippen LogP contribution in [0.3, 0.4) is 0 Å². The highest BCUT2D eigenvalue weighted by molar-refractivity contribution is 8.27. The number of benzene rings is 2. The number of hydrogen-bond acceptors (Lipinski definition) is 7. The van der Waals surface area contributed by atoms with E-state index in [0.29, 0.717) is 52.3 Å². The van der Waals surface area contributed by atoms with Crippen LogP contribution < -0.4 is 14.2 Å². The Morgan fingerprint density at radius 3 is 2.34 bits per heavy atom. The van der Waals surface area contributed by atoms with Crippen LogP contribution in [0.2, 0.25) is 5.02 Å². The van der Waals surface area contributed by atoms with Crippen molar-refractivity contribution in [3.63, 3.8) is 0 Å². The van der Waals surface area contributed by atoms with E-state index in [1.165, 1.54) is 73.7 Å². The molecule has 2 saturated carbocycles. The van der Waals surface area contributed by atoms with Crippen molar-refractivity contribution in [2.24, 2.45) is 16.0 Å². The second kappa shape index (κ2) is 14.2. The lowest BCUT2D eigenvalue weighted by atomic mass is 9.84. The summed E-state index contributed by atoms with van der Waals surface area (Å²) < 4.78 is 17.8. The van der Waals surface area contributed by atoms with Crippen LogP contribution >= 0.6 is 23.4 Å². The number of nitrogens with zero attached hydrogens (tertiary/aromatic N) is 3. The van der Waals surface area contributed by atoms with Gasteiger partial charge in [-0.25, -0.2) is 0 Å². The number of ether oxygens (including phenoxy) is 3. The third-order valence-electron chi connectivity index (χ3n) is 8.62. The van der Waals surface area contributed by atoms with Crippen molar-refractivity contribution in [1.29, 1.82) is 5.41 Å². The van der Waals surface area contributed by atoms with Gasteiger partial charge in [0, 0.05) is 5.92 Å². The molecule has 44 heavy (non-hydrogen) atoms. The molecule has 2 aromatic carbocycles. The Bertz CT molecular complexity index is 1480. The fraction of sp³-hybridized carbons (Fsp3) is 0.471. The van der Waals surface area contributed by atoms with Gasteiger partial charge in [0.25, 0.3) is 5.91 Å². The molecule has 0 saturated heterocycles. The average Bonchev–Trinajstić information content (AvgIpc) is 3.48. The predicted molar refractivity (Wildman–Crippen MR) is 177 cm³/mol. The minimum atomic E-state index is -0.466. The monoisotopic (exact) mass is 634 g/mol. The molecule has 1 amide bonds. The molecular formula is C34H39ClN4O4S. The molecule has 0 unspecified atom stereocenters. The summed E-state index contributed by atoms with van der Waals surface area (Å²) in [6.45, 7) is 2.91. The first-order chi connectivity index (χ1) is 21.5. The summed E-state index contributed by atoms with van der Waals surface area (Å²) in [5, 5.41) is 16.7. The van der Waals surface area contributed by atoms with Gasteiger partial charge in [0.2, 0.25) is 5.17 Å². The Hall–Kier alpha value is -3.30. The molecule has 0 bridgehead atoms. The van der Waals surface area contributed by atoms with Gasteiger partial charge < -0.3 is 14.2 Å². The Morgan fingerprint density at radius 2 is 1.64 bits per heavy atom. The molecule has 4 aliphatic rings. The molecule has 232 valence electrons. The maximum absolute atomic E-state index is 13.0. The minimum absolute atomic E-state index is 0.0108. The van der Waals surface area contributed by atoms with Gasteiger partial charge in [0.1, 0.15) is 24.0 Å². The highest BCUT2D eigenvalue weighted by Crippen LogP contribution is 2.39. The molecule has 1 N–H and O–H groups in total. The van der Waals surface area contributed by atoms with Crippen molar-refractivity contribution in [2.45, 2.75) is 77.0 Å². The number of hydrogen-bond donors (Lipinski definition) is 1. The Labute approximate surface area is 268 Å². The van der Waals surface area contributed by atoms with Crippen molar-refractivity contribution >= 4 is 51.4 Å². The zero-order chi connectivity index (χ0) is 30.5. The van der Waals surface area contributed by atoms with E-state index in [1.54, 1.807) is 18.2 Å². The fourth-order valence-electron chi connectivity index (χ4n) is 6.34. The smallest absolute Gasteiger partial charge is 0.283 e. The van der Waals surface area contributed by atoms with E-state index in [4.69, 9.17) is 36.3 Å². The molecular weight excluding hydrogens is 596 g/mol. The maximum atomic E-state index is 13.0. The summed E-state index contributed by atoms with van der Waals surface area (Å²) in [5.74, 6) is 2.26. The van der Waals surface area contributed by atoms with Crippen LogP contribution in [0.1, 0.15) is 88.2 Å². The second-order valence-electron chi connectivity index (χ2n) is 11.7. The summed E-state index contributed by atoms with van der Waals surface area (Å²) in [6.07, 6.45) is 13.9. The van der Waals surface area contributed by atoms with E-state index in [9.17, 15) is 4.79 Å². The van der Waals surface area contributed by atoms with E-state index in [2.05, 4.69) is 17.1 Å². The summed E-state index contributed by atoms with van der Waals surface area (Å²) in [5.41, 5.74) is 2.15. The van der Waals surface area contributed by atoms with Crippen LogP contribution in [0.25, 0.3) is 6.08 Å². The van der Waals surface area contributed by atoms with Gasteiger partial charge in [-0.15, -0.1) is 0 Å². The number of halogens is 1. The van der Waals surface area contributed by atoms with E-state index in [1.807, 2.05) is 19.1 Å². The highest BCUT2D eigenvalue weighted by Gasteiger charge is 2.38. The van der Waals surface area contributed by atoms with Crippen LogP contribution in [-0.2, 0) is 4.79 Å². The number of carbonyl (C=O) groups excluding carboxylic acids is 1. The highest BCUT2D eigenvalue weighted by atomic mass is 35.5. The van der Waals surface area contributed by atoms with Crippen LogP contribution in [0, 0.1) is 11.3 Å². The molecule has 10 heteroatoms.